The highest BCUT2D eigenvalue weighted by molar-refractivity contribution is 5.70. The van der Waals surface area contributed by atoms with Crippen LogP contribution in [-0.4, -0.2) is 34.8 Å². The third-order valence-electron chi connectivity index (χ3n) is 6.88. The van der Waals surface area contributed by atoms with Crippen molar-refractivity contribution in [2.75, 3.05) is 13.2 Å². The number of ether oxygens (including phenoxy) is 2. The lowest BCUT2D eigenvalue weighted by molar-refractivity contribution is -0.145. The van der Waals surface area contributed by atoms with Crippen LogP contribution < -0.4 is 0 Å². The molecule has 1 unspecified atom stereocenters. The van der Waals surface area contributed by atoms with Crippen LogP contribution >= 0.6 is 0 Å². The molecule has 0 fully saturated rings. The summed E-state index contributed by atoms with van der Waals surface area (Å²) in [6.45, 7) is 5.45. The second-order valence-electron chi connectivity index (χ2n) is 10.3. The number of aromatic nitrogens is 2. The van der Waals surface area contributed by atoms with Gasteiger partial charge in [0, 0.05) is 18.8 Å². The van der Waals surface area contributed by atoms with Crippen LogP contribution in [0.15, 0.2) is 18.7 Å². The Balaban J connectivity index is 2.16. The molecule has 0 N–H and O–H groups in total. The third-order valence-corrected chi connectivity index (χ3v) is 6.88. The zero-order valence-corrected chi connectivity index (χ0v) is 23.4. The molecule has 1 aromatic heterocycles. The third kappa shape index (κ3) is 18.4. The molecule has 6 heteroatoms. The Morgan fingerprint density at radius 3 is 1.83 bits per heavy atom. The zero-order valence-electron chi connectivity index (χ0n) is 23.4. The highest BCUT2D eigenvalue weighted by atomic mass is 16.5. The Hall–Kier alpha value is -1.85. The Morgan fingerprint density at radius 2 is 1.28 bits per heavy atom. The molecule has 0 radical (unpaired) electrons. The zero-order chi connectivity index (χ0) is 26.1. The fourth-order valence-electron chi connectivity index (χ4n) is 4.52. The molecule has 36 heavy (non-hydrogen) atoms. The number of imidazole rings is 1. The average Bonchev–Trinajstić information content (AvgIpc) is 3.43. The maximum Gasteiger partial charge on any atom is 0.419 e. The van der Waals surface area contributed by atoms with Crippen LogP contribution in [0.5, 0.6) is 0 Å². The predicted octanol–water partition coefficient (Wildman–Crippen LogP) is 8.87. The Labute approximate surface area is 220 Å². The van der Waals surface area contributed by atoms with Crippen LogP contribution in [0.4, 0.5) is 4.79 Å². The van der Waals surface area contributed by atoms with E-state index in [0.717, 1.165) is 19.3 Å². The second kappa shape index (κ2) is 23.5. The molecular weight excluding hydrogens is 452 g/mol. The summed E-state index contributed by atoms with van der Waals surface area (Å²) >= 11 is 0. The SMILES string of the molecule is CCCCCCCCCCC(CCCCCCCC)COC(=O)CCCCCOC(=O)n1ccnc1. The molecule has 0 aliphatic carbocycles. The van der Waals surface area contributed by atoms with Crippen LogP contribution in [0.1, 0.15) is 142 Å². The van der Waals surface area contributed by atoms with E-state index in [2.05, 4.69) is 18.8 Å². The van der Waals surface area contributed by atoms with Crippen molar-refractivity contribution in [1.82, 2.24) is 9.55 Å². The molecule has 0 spiro atoms. The van der Waals surface area contributed by atoms with E-state index in [-0.39, 0.29) is 5.97 Å². The monoisotopic (exact) mass is 506 g/mol. The van der Waals surface area contributed by atoms with Crippen LogP contribution in [-0.2, 0) is 14.3 Å². The standard InChI is InChI=1S/C30H54N2O4/c1-3-5-7-9-11-12-14-17-21-28(20-16-13-10-8-6-4-2)26-36-29(33)22-18-15-19-25-35-30(34)32-24-23-31-27-32/h23-24,27-28H,3-22,25-26H2,1-2H3. The van der Waals surface area contributed by atoms with Gasteiger partial charge in [-0.2, -0.15) is 0 Å². The van der Waals surface area contributed by atoms with E-state index in [9.17, 15) is 9.59 Å². The number of carbonyl (C=O) groups is 2. The van der Waals surface area contributed by atoms with Gasteiger partial charge in [-0.25, -0.2) is 14.3 Å². The van der Waals surface area contributed by atoms with Crippen molar-refractivity contribution < 1.29 is 19.1 Å². The van der Waals surface area contributed by atoms with Crippen molar-refractivity contribution in [3.05, 3.63) is 18.7 Å². The largest absolute Gasteiger partial charge is 0.465 e. The van der Waals surface area contributed by atoms with Gasteiger partial charge in [0.25, 0.3) is 0 Å². The quantitative estimate of drug-likeness (QED) is 0.103. The van der Waals surface area contributed by atoms with Gasteiger partial charge in [-0.1, -0.05) is 104 Å². The molecule has 6 nitrogen and oxygen atoms in total. The summed E-state index contributed by atoms with van der Waals surface area (Å²) in [4.78, 5) is 27.8. The molecule has 0 bridgehead atoms. The molecule has 208 valence electrons. The van der Waals surface area contributed by atoms with Crippen LogP contribution in [0.25, 0.3) is 0 Å². The number of esters is 1. The first-order valence-corrected chi connectivity index (χ1v) is 15.0. The van der Waals surface area contributed by atoms with E-state index in [4.69, 9.17) is 9.47 Å². The van der Waals surface area contributed by atoms with Gasteiger partial charge in [0.1, 0.15) is 6.33 Å². The van der Waals surface area contributed by atoms with Crippen molar-refractivity contribution in [2.24, 2.45) is 5.92 Å². The maximum atomic E-state index is 12.3. The molecule has 1 heterocycles. The maximum absolute atomic E-state index is 12.3. The van der Waals surface area contributed by atoms with E-state index in [0.29, 0.717) is 25.6 Å². The number of nitrogens with zero attached hydrogens (tertiary/aromatic N) is 2. The number of unbranched alkanes of at least 4 members (excludes halogenated alkanes) is 14. The Kier molecular flexibility index (Phi) is 21.0. The minimum atomic E-state index is -0.417. The molecular formula is C30H54N2O4. The molecule has 1 aromatic rings. The van der Waals surface area contributed by atoms with Crippen molar-refractivity contribution in [2.45, 2.75) is 142 Å². The van der Waals surface area contributed by atoms with Crippen molar-refractivity contribution >= 4 is 12.1 Å². The van der Waals surface area contributed by atoms with Crippen molar-refractivity contribution in [3.8, 4) is 0 Å². The molecule has 1 atom stereocenters. The van der Waals surface area contributed by atoms with E-state index < -0.39 is 6.09 Å². The molecule has 0 saturated carbocycles. The number of carbonyl (C=O) groups excluding carboxylic acids is 2. The fraction of sp³-hybridized carbons (Fsp3) is 0.833. The minimum Gasteiger partial charge on any atom is -0.465 e. The normalized spacial score (nSPS) is 11.9. The van der Waals surface area contributed by atoms with E-state index in [1.807, 2.05) is 0 Å². The number of hydrogen-bond donors (Lipinski definition) is 0. The molecule has 0 amide bonds. The summed E-state index contributed by atoms with van der Waals surface area (Å²) in [5.41, 5.74) is 0. The first-order valence-electron chi connectivity index (χ1n) is 15.0. The molecule has 0 aliphatic rings. The van der Waals surface area contributed by atoms with E-state index in [1.54, 1.807) is 12.4 Å². The topological polar surface area (TPSA) is 70.4 Å². The van der Waals surface area contributed by atoms with Gasteiger partial charge in [0.15, 0.2) is 0 Å². The van der Waals surface area contributed by atoms with Crippen LogP contribution in [0, 0.1) is 5.92 Å². The number of hydrogen-bond acceptors (Lipinski definition) is 5. The Morgan fingerprint density at radius 1 is 0.722 bits per heavy atom. The summed E-state index contributed by atoms with van der Waals surface area (Å²) in [5, 5.41) is 0. The fourth-order valence-corrected chi connectivity index (χ4v) is 4.52. The number of rotatable bonds is 24. The van der Waals surface area contributed by atoms with Crippen LogP contribution in [0.2, 0.25) is 0 Å². The second-order valence-corrected chi connectivity index (χ2v) is 10.3. The van der Waals surface area contributed by atoms with Gasteiger partial charge in [-0.15, -0.1) is 0 Å². The first kappa shape index (κ1) is 32.2. The van der Waals surface area contributed by atoms with E-state index >= 15 is 0 Å². The molecule has 0 saturated heterocycles. The van der Waals surface area contributed by atoms with Crippen LogP contribution in [0.3, 0.4) is 0 Å². The summed E-state index contributed by atoms with van der Waals surface area (Å²) in [7, 11) is 0. The van der Waals surface area contributed by atoms with Gasteiger partial charge in [-0.05, 0) is 38.0 Å². The minimum absolute atomic E-state index is 0.0886. The summed E-state index contributed by atoms with van der Waals surface area (Å²) in [6.07, 6.45) is 27.8. The average molecular weight is 507 g/mol. The van der Waals surface area contributed by atoms with Crippen molar-refractivity contribution in [1.29, 1.82) is 0 Å². The van der Waals surface area contributed by atoms with E-state index in [1.165, 1.54) is 114 Å². The van der Waals surface area contributed by atoms with Gasteiger partial charge in [-0.3, -0.25) is 4.79 Å². The molecule has 0 aromatic carbocycles. The van der Waals surface area contributed by atoms with Crippen molar-refractivity contribution in [3.63, 3.8) is 0 Å². The summed E-state index contributed by atoms with van der Waals surface area (Å²) in [5.74, 6) is 0.414. The lowest BCUT2D eigenvalue weighted by Crippen LogP contribution is -2.15. The molecule has 0 aliphatic heterocycles. The smallest absolute Gasteiger partial charge is 0.419 e. The summed E-state index contributed by atoms with van der Waals surface area (Å²) in [6, 6.07) is 0. The summed E-state index contributed by atoms with van der Waals surface area (Å²) < 4.78 is 12.2. The Bertz CT molecular complexity index is 633. The van der Waals surface area contributed by atoms with Gasteiger partial charge < -0.3 is 9.47 Å². The highest BCUT2D eigenvalue weighted by Crippen LogP contribution is 2.20. The molecule has 1 rings (SSSR count). The van der Waals surface area contributed by atoms with Gasteiger partial charge in [0.2, 0.25) is 0 Å². The predicted molar refractivity (Wildman–Crippen MR) is 147 cm³/mol. The van der Waals surface area contributed by atoms with Gasteiger partial charge >= 0.3 is 12.1 Å². The first-order chi connectivity index (χ1) is 17.7. The lowest BCUT2D eigenvalue weighted by atomic mass is 9.94. The lowest BCUT2D eigenvalue weighted by Gasteiger charge is -2.17. The van der Waals surface area contributed by atoms with Gasteiger partial charge in [0.05, 0.1) is 13.2 Å². The highest BCUT2D eigenvalue weighted by Gasteiger charge is 2.12.